The SMILES string of the molecule is C[C@@H](OC(=O)c1cccc(S(=O)(=O)N(C)C)c1)C(=O)N1c2ccccc2NC(=O)C1(C)C. The van der Waals surface area contributed by atoms with Crippen LogP contribution in [0.15, 0.2) is 53.4 Å². The van der Waals surface area contributed by atoms with Crippen molar-refractivity contribution >= 4 is 39.2 Å². The van der Waals surface area contributed by atoms with Gasteiger partial charge in [-0.1, -0.05) is 18.2 Å². The van der Waals surface area contributed by atoms with Crippen LogP contribution >= 0.6 is 0 Å². The highest BCUT2D eigenvalue weighted by molar-refractivity contribution is 7.89. The van der Waals surface area contributed by atoms with E-state index in [1.54, 1.807) is 38.1 Å². The van der Waals surface area contributed by atoms with Crippen molar-refractivity contribution in [3.63, 3.8) is 0 Å². The van der Waals surface area contributed by atoms with Crippen molar-refractivity contribution in [1.82, 2.24) is 4.31 Å². The van der Waals surface area contributed by atoms with Crippen LogP contribution in [0.25, 0.3) is 0 Å². The molecule has 0 saturated heterocycles. The maximum Gasteiger partial charge on any atom is 0.338 e. The number of benzene rings is 2. The van der Waals surface area contributed by atoms with E-state index >= 15 is 0 Å². The number of nitrogens with one attached hydrogen (secondary N) is 1. The average Bonchev–Trinajstić information content (AvgIpc) is 2.74. The molecule has 1 N–H and O–H groups in total. The van der Waals surface area contributed by atoms with E-state index in [-0.39, 0.29) is 16.4 Å². The molecule has 0 aromatic heterocycles. The number of para-hydroxylation sites is 2. The van der Waals surface area contributed by atoms with Crippen molar-refractivity contribution in [2.24, 2.45) is 0 Å². The van der Waals surface area contributed by atoms with Crippen LogP contribution in [0.5, 0.6) is 0 Å². The van der Waals surface area contributed by atoms with Crippen molar-refractivity contribution < 1.29 is 27.5 Å². The number of sulfonamides is 1. The highest BCUT2D eigenvalue weighted by atomic mass is 32.2. The average molecular weight is 460 g/mol. The van der Waals surface area contributed by atoms with Crippen LogP contribution in [-0.4, -0.2) is 56.2 Å². The first-order chi connectivity index (χ1) is 14.9. The molecular weight excluding hydrogens is 434 g/mol. The van der Waals surface area contributed by atoms with Gasteiger partial charge in [0.05, 0.1) is 21.8 Å². The molecule has 2 amide bonds. The lowest BCUT2D eigenvalue weighted by Gasteiger charge is -2.42. The molecule has 0 fully saturated rings. The topological polar surface area (TPSA) is 113 Å². The van der Waals surface area contributed by atoms with Crippen LogP contribution in [0.4, 0.5) is 11.4 Å². The molecule has 1 aliphatic heterocycles. The van der Waals surface area contributed by atoms with Crippen molar-refractivity contribution in [2.75, 3.05) is 24.3 Å². The van der Waals surface area contributed by atoms with Crippen LogP contribution in [0.1, 0.15) is 31.1 Å². The number of esters is 1. The van der Waals surface area contributed by atoms with Gasteiger partial charge in [0.25, 0.3) is 5.91 Å². The summed E-state index contributed by atoms with van der Waals surface area (Å²) in [5, 5.41) is 2.77. The first kappa shape index (κ1) is 23.4. The summed E-state index contributed by atoms with van der Waals surface area (Å²) in [6.07, 6.45) is -1.23. The van der Waals surface area contributed by atoms with E-state index in [0.717, 1.165) is 4.31 Å². The van der Waals surface area contributed by atoms with Gasteiger partial charge in [-0.05, 0) is 51.1 Å². The second kappa shape index (κ2) is 8.36. The van der Waals surface area contributed by atoms with Crippen LogP contribution < -0.4 is 10.2 Å². The van der Waals surface area contributed by atoms with E-state index < -0.39 is 33.5 Å². The van der Waals surface area contributed by atoms with E-state index in [2.05, 4.69) is 5.32 Å². The number of hydrogen-bond donors (Lipinski definition) is 1. The third-order valence-electron chi connectivity index (χ3n) is 5.21. The second-order valence-electron chi connectivity index (χ2n) is 8.07. The molecule has 1 atom stereocenters. The normalized spacial score (nSPS) is 16.2. The van der Waals surface area contributed by atoms with Crippen molar-refractivity contribution in [1.29, 1.82) is 0 Å². The van der Waals surface area contributed by atoms with E-state index in [4.69, 9.17) is 4.74 Å². The molecule has 0 unspecified atom stereocenters. The Labute approximate surface area is 187 Å². The lowest BCUT2D eigenvalue weighted by Crippen LogP contribution is -2.60. The third-order valence-corrected chi connectivity index (χ3v) is 7.02. The molecule has 2 aromatic carbocycles. The summed E-state index contributed by atoms with van der Waals surface area (Å²) in [5.74, 6) is -1.80. The summed E-state index contributed by atoms with van der Waals surface area (Å²) in [6.45, 7) is 4.60. The summed E-state index contributed by atoms with van der Waals surface area (Å²) in [7, 11) is -0.975. The molecule has 0 aliphatic carbocycles. The molecule has 9 nitrogen and oxygen atoms in total. The standard InChI is InChI=1S/C22H25N3O6S/c1-14(31-20(27)15-9-8-10-16(13-15)32(29,30)24(4)5)19(26)25-18-12-7-6-11-17(18)23-21(28)22(25,2)3/h6-14H,1-5H3,(H,23,28)/t14-/m1/s1. The molecule has 0 radical (unpaired) electrons. The summed E-state index contributed by atoms with van der Waals surface area (Å²) in [5.41, 5.74) is -0.260. The molecule has 0 spiro atoms. The van der Waals surface area contributed by atoms with Gasteiger partial charge in [0.2, 0.25) is 15.9 Å². The first-order valence-electron chi connectivity index (χ1n) is 9.85. The number of carbonyl (C=O) groups is 3. The van der Waals surface area contributed by atoms with Crippen LogP contribution in [0.3, 0.4) is 0 Å². The smallest absolute Gasteiger partial charge is 0.338 e. The molecule has 32 heavy (non-hydrogen) atoms. The zero-order chi connectivity index (χ0) is 23.8. The van der Waals surface area contributed by atoms with E-state index in [9.17, 15) is 22.8 Å². The van der Waals surface area contributed by atoms with E-state index in [0.29, 0.717) is 11.4 Å². The van der Waals surface area contributed by atoms with Gasteiger partial charge < -0.3 is 10.1 Å². The first-order valence-corrected chi connectivity index (χ1v) is 11.3. The zero-order valence-electron chi connectivity index (χ0n) is 18.4. The van der Waals surface area contributed by atoms with Gasteiger partial charge in [-0.3, -0.25) is 14.5 Å². The highest BCUT2D eigenvalue weighted by Gasteiger charge is 2.45. The monoisotopic (exact) mass is 459 g/mol. The molecule has 0 saturated carbocycles. The van der Waals surface area contributed by atoms with Gasteiger partial charge in [-0.25, -0.2) is 17.5 Å². The summed E-state index contributed by atoms with van der Waals surface area (Å²) < 4.78 is 31.1. The molecule has 0 bridgehead atoms. The van der Waals surface area contributed by atoms with Gasteiger partial charge >= 0.3 is 5.97 Å². The number of ether oxygens (including phenoxy) is 1. The lowest BCUT2D eigenvalue weighted by molar-refractivity contribution is -0.131. The summed E-state index contributed by atoms with van der Waals surface area (Å²) in [6, 6.07) is 12.2. The Hall–Kier alpha value is -3.24. The highest BCUT2D eigenvalue weighted by Crippen LogP contribution is 2.37. The molecule has 3 rings (SSSR count). The molecular formula is C22H25N3O6S. The fourth-order valence-electron chi connectivity index (χ4n) is 3.30. The minimum atomic E-state index is -3.74. The van der Waals surface area contributed by atoms with Gasteiger partial charge in [0.15, 0.2) is 6.10 Å². The van der Waals surface area contributed by atoms with Crippen molar-refractivity contribution in [2.45, 2.75) is 37.3 Å². The predicted octanol–water partition coefficient (Wildman–Crippen LogP) is 2.25. The number of nitrogens with zero attached hydrogens (tertiary/aromatic N) is 2. The summed E-state index contributed by atoms with van der Waals surface area (Å²) in [4.78, 5) is 39.8. The maximum atomic E-state index is 13.3. The Balaban J connectivity index is 1.86. The fraction of sp³-hybridized carbons (Fsp3) is 0.318. The third kappa shape index (κ3) is 4.11. The minimum absolute atomic E-state index is 0.0105. The van der Waals surface area contributed by atoms with Crippen LogP contribution in [0, 0.1) is 0 Å². The molecule has 1 heterocycles. The number of carbonyl (C=O) groups excluding carboxylic acids is 3. The van der Waals surface area contributed by atoms with Gasteiger partial charge in [-0.15, -0.1) is 0 Å². The van der Waals surface area contributed by atoms with E-state index in [1.807, 2.05) is 0 Å². The van der Waals surface area contributed by atoms with Crippen molar-refractivity contribution in [3.8, 4) is 0 Å². The van der Waals surface area contributed by atoms with Gasteiger partial charge in [-0.2, -0.15) is 0 Å². The molecule has 1 aliphatic rings. The number of anilines is 2. The fourth-order valence-corrected chi connectivity index (χ4v) is 4.25. The maximum absolute atomic E-state index is 13.3. The van der Waals surface area contributed by atoms with E-state index in [1.165, 1.54) is 50.2 Å². The largest absolute Gasteiger partial charge is 0.449 e. The Morgan fingerprint density at radius 1 is 1.09 bits per heavy atom. The van der Waals surface area contributed by atoms with Gasteiger partial charge in [0, 0.05) is 14.1 Å². The zero-order valence-corrected chi connectivity index (χ0v) is 19.3. The molecule has 10 heteroatoms. The molecule has 170 valence electrons. The van der Waals surface area contributed by atoms with Gasteiger partial charge in [0.1, 0.15) is 5.54 Å². The Kier molecular flexibility index (Phi) is 6.12. The second-order valence-corrected chi connectivity index (χ2v) is 10.2. The molecule has 2 aromatic rings. The minimum Gasteiger partial charge on any atom is -0.449 e. The Bertz CT molecular complexity index is 1190. The number of fused-ring (bicyclic) bond motifs is 1. The number of rotatable bonds is 5. The van der Waals surface area contributed by atoms with Crippen molar-refractivity contribution in [3.05, 3.63) is 54.1 Å². The quantitative estimate of drug-likeness (QED) is 0.686. The number of hydrogen-bond acceptors (Lipinski definition) is 6. The summed E-state index contributed by atoms with van der Waals surface area (Å²) >= 11 is 0. The lowest BCUT2D eigenvalue weighted by atomic mass is 9.95. The van der Waals surface area contributed by atoms with Crippen LogP contribution in [-0.2, 0) is 24.3 Å². The predicted molar refractivity (Wildman–Crippen MR) is 119 cm³/mol. The van der Waals surface area contributed by atoms with Crippen LogP contribution in [0.2, 0.25) is 0 Å². The Morgan fingerprint density at radius 3 is 2.41 bits per heavy atom. The Morgan fingerprint density at radius 2 is 1.75 bits per heavy atom. The number of amides is 2.